The number of rotatable bonds is 12. The molecule has 3 heterocycles. The minimum absolute atomic E-state index is 0.0801. The van der Waals surface area contributed by atoms with Crippen LogP contribution in [0.5, 0.6) is 0 Å². The minimum atomic E-state index is -0.501. The summed E-state index contributed by atoms with van der Waals surface area (Å²) < 4.78 is 11.0. The van der Waals surface area contributed by atoms with Crippen LogP contribution < -0.4 is 21.3 Å². The van der Waals surface area contributed by atoms with Crippen LogP contribution in [0.4, 0.5) is 11.6 Å². The number of nitrogens with zero attached hydrogens (tertiary/aromatic N) is 3. The molecule has 11 nitrogen and oxygen atoms in total. The highest BCUT2D eigenvalue weighted by Crippen LogP contribution is 2.25. The van der Waals surface area contributed by atoms with Gasteiger partial charge in [0.1, 0.15) is 23.4 Å². The van der Waals surface area contributed by atoms with E-state index in [9.17, 15) is 9.59 Å². The summed E-state index contributed by atoms with van der Waals surface area (Å²) in [6.07, 6.45) is 1.58. The first-order valence-electron chi connectivity index (χ1n) is 12.8. The van der Waals surface area contributed by atoms with Crippen LogP contribution in [0, 0.1) is 6.92 Å². The van der Waals surface area contributed by atoms with Crippen molar-refractivity contribution in [3.05, 3.63) is 60.1 Å². The van der Waals surface area contributed by atoms with Crippen molar-refractivity contribution in [2.45, 2.75) is 19.9 Å². The first kappa shape index (κ1) is 27.1. The first-order valence-corrected chi connectivity index (χ1v) is 12.8. The molecule has 1 unspecified atom stereocenters. The van der Waals surface area contributed by atoms with Crippen molar-refractivity contribution in [2.24, 2.45) is 0 Å². The van der Waals surface area contributed by atoms with Gasteiger partial charge in [-0.05, 0) is 19.1 Å². The number of hydrogen-bond donors (Lipinski definition) is 4. The number of furan rings is 1. The third kappa shape index (κ3) is 7.30. The Hall–Kier alpha value is -3.96. The average molecular weight is 522 g/mol. The van der Waals surface area contributed by atoms with Crippen molar-refractivity contribution < 1.29 is 18.7 Å². The number of morpholine rings is 1. The van der Waals surface area contributed by atoms with E-state index in [1.807, 2.05) is 43.3 Å². The normalized spacial score (nSPS) is 14.5. The van der Waals surface area contributed by atoms with Crippen LogP contribution in [0.1, 0.15) is 24.3 Å². The summed E-state index contributed by atoms with van der Waals surface area (Å²) in [6, 6.07) is 12.9. The van der Waals surface area contributed by atoms with Gasteiger partial charge in [0, 0.05) is 57.3 Å². The fourth-order valence-electron chi connectivity index (χ4n) is 4.22. The molecule has 2 aromatic heterocycles. The van der Waals surface area contributed by atoms with Gasteiger partial charge < -0.3 is 30.4 Å². The number of nitrogens with one attached hydrogen (secondary N) is 4. The Bertz CT molecular complexity index is 1180. The predicted molar refractivity (Wildman–Crippen MR) is 145 cm³/mol. The summed E-state index contributed by atoms with van der Waals surface area (Å²) in [5.41, 5.74) is 1.74. The van der Waals surface area contributed by atoms with Crippen molar-refractivity contribution in [1.82, 2.24) is 25.5 Å². The summed E-state index contributed by atoms with van der Waals surface area (Å²) in [7, 11) is 0. The Labute approximate surface area is 222 Å². The number of ether oxygens (including phenoxy) is 1. The quantitative estimate of drug-likeness (QED) is 0.265. The summed E-state index contributed by atoms with van der Waals surface area (Å²) in [5.74, 6) is 2.35. The molecule has 0 aliphatic carbocycles. The second-order valence-electron chi connectivity index (χ2n) is 8.93. The van der Waals surface area contributed by atoms with Gasteiger partial charge in [-0.2, -0.15) is 0 Å². The molecular formula is C27H35N7O4. The standard InChI is InChI=1S/C27H35N7O4/c1-19-24(29-11-10-28-20(2)35)32-26(21-7-4-3-5-8-21)33-25(19)30-12-13-31-27(36)23(22-9-6-16-38-22)34-14-17-37-18-15-34/h3-9,16,23H,10-15,17-18H2,1-2H3,(H,28,35)(H,31,36)(H2,29,30,32,33). The molecule has 1 atom stereocenters. The number of benzene rings is 1. The van der Waals surface area contributed by atoms with Crippen LogP contribution in [-0.2, 0) is 14.3 Å². The van der Waals surface area contributed by atoms with Gasteiger partial charge in [0.25, 0.3) is 0 Å². The molecule has 1 fully saturated rings. The lowest BCUT2D eigenvalue weighted by Crippen LogP contribution is -2.46. The van der Waals surface area contributed by atoms with E-state index in [0.717, 1.165) is 11.1 Å². The number of amides is 2. The van der Waals surface area contributed by atoms with E-state index >= 15 is 0 Å². The number of anilines is 2. The van der Waals surface area contributed by atoms with Gasteiger partial charge in [-0.3, -0.25) is 14.5 Å². The van der Waals surface area contributed by atoms with Crippen molar-refractivity contribution in [1.29, 1.82) is 0 Å². The van der Waals surface area contributed by atoms with Crippen LogP contribution in [0.15, 0.2) is 53.1 Å². The maximum absolute atomic E-state index is 13.2. The molecule has 2 amide bonds. The smallest absolute Gasteiger partial charge is 0.245 e. The molecule has 38 heavy (non-hydrogen) atoms. The molecule has 0 radical (unpaired) electrons. The lowest BCUT2D eigenvalue weighted by Gasteiger charge is -2.32. The zero-order valence-corrected chi connectivity index (χ0v) is 21.8. The van der Waals surface area contributed by atoms with E-state index in [1.165, 1.54) is 6.92 Å². The predicted octanol–water partition coefficient (Wildman–Crippen LogP) is 2.19. The topological polar surface area (TPSA) is 134 Å². The highest BCUT2D eigenvalue weighted by molar-refractivity contribution is 5.82. The lowest BCUT2D eigenvalue weighted by molar-refractivity contribution is -0.129. The summed E-state index contributed by atoms with van der Waals surface area (Å²) >= 11 is 0. The van der Waals surface area contributed by atoms with Gasteiger partial charge in [0.15, 0.2) is 5.82 Å². The number of aromatic nitrogens is 2. The highest BCUT2D eigenvalue weighted by Gasteiger charge is 2.31. The monoisotopic (exact) mass is 521 g/mol. The molecule has 0 spiro atoms. The third-order valence-electron chi connectivity index (χ3n) is 6.16. The Morgan fingerprint density at radius 1 is 0.921 bits per heavy atom. The molecule has 1 aromatic carbocycles. The maximum Gasteiger partial charge on any atom is 0.245 e. The van der Waals surface area contributed by atoms with Gasteiger partial charge in [-0.25, -0.2) is 9.97 Å². The molecule has 202 valence electrons. The van der Waals surface area contributed by atoms with Crippen molar-refractivity contribution in [3.63, 3.8) is 0 Å². The molecule has 11 heteroatoms. The van der Waals surface area contributed by atoms with Crippen LogP contribution in [0.3, 0.4) is 0 Å². The molecule has 0 saturated carbocycles. The van der Waals surface area contributed by atoms with Crippen molar-refractivity contribution in [2.75, 3.05) is 63.1 Å². The summed E-state index contributed by atoms with van der Waals surface area (Å²) in [5, 5.41) is 12.4. The maximum atomic E-state index is 13.2. The van der Waals surface area contributed by atoms with E-state index in [0.29, 0.717) is 75.7 Å². The highest BCUT2D eigenvalue weighted by atomic mass is 16.5. The van der Waals surface area contributed by atoms with E-state index in [-0.39, 0.29) is 11.8 Å². The second kappa shape index (κ2) is 13.5. The number of carbonyl (C=O) groups is 2. The number of hydrogen-bond acceptors (Lipinski definition) is 9. The van der Waals surface area contributed by atoms with E-state index < -0.39 is 6.04 Å². The fraction of sp³-hybridized carbons (Fsp3) is 0.407. The Morgan fingerprint density at radius 2 is 1.58 bits per heavy atom. The number of carbonyl (C=O) groups excluding carboxylic acids is 2. The SMILES string of the molecule is CC(=O)NCCNc1nc(-c2ccccc2)nc(NCCNC(=O)C(c2ccco2)N2CCOCC2)c1C. The van der Waals surface area contributed by atoms with Gasteiger partial charge in [0.05, 0.1) is 19.5 Å². The Morgan fingerprint density at radius 3 is 2.18 bits per heavy atom. The van der Waals surface area contributed by atoms with Gasteiger partial charge in [0.2, 0.25) is 11.8 Å². The van der Waals surface area contributed by atoms with Crippen LogP contribution >= 0.6 is 0 Å². The second-order valence-corrected chi connectivity index (χ2v) is 8.93. The molecule has 0 bridgehead atoms. The Kier molecular flexibility index (Phi) is 9.65. The summed E-state index contributed by atoms with van der Waals surface area (Å²) in [6.45, 7) is 7.80. The molecule has 3 aromatic rings. The first-order chi connectivity index (χ1) is 18.5. The fourth-order valence-corrected chi connectivity index (χ4v) is 4.22. The van der Waals surface area contributed by atoms with Crippen LogP contribution in [0.2, 0.25) is 0 Å². The zero-order valence-electron chi connectivity index (χ0n) is 21.8. The van der Waals surface area contributed by atoms with Crippen molar-refractivity contribution >= 4 is 23.5 Å². The minimum Gasteiger partial charge on any atom is -0.467 e. The molecule has 4 N–H and O–H groups in total. The van der Waals surface area contributed by atoms with Gasteiger partial charge in [-0.15, -0.1) is 0 Å². The van der Waals surface area contributed by atoms with E-state index in [4.69, 9.17) is 19.1 Å². The van der Waals surface area contributed by atoms with Gasteiger partial charge >= 0.3 is 0 Å². The molecular weight excluding hydrogens is 486 g/mol. The Balaban J connectivity index is 1.41. The van der Waals surface area contributed by atoms with E-state index in [1.54, 1.807) is 12.3 Å². The van der Waals surface area contributed by atoms with Crippen molar-refractivity contribution in [3.8, 4) is 11.4 Å². The van der Waals surface area contributed by atoms with Gasteiger partial charge in [-0.1, -0.05) is 30.3 Å². The third-order valence-corrected chi connectivity index (χ3v) is 6.16. The lowest BCUT2D eigenvalue weighted by atomic mass is 10.1. The largest absolute Gasteiger partial charge is 0.467 e. The van der Waals surface area contributed by atoms with E-state index in [2.05, 4.69) is 26.2 Å². The van der Waals surface area contributed by atoms with Crippen LogP contribution in [-0.4, -0.2) is 79.2 Å². The summed E-state index contributed by atoms with van der Waals surface area (Å²) in [4.78, 5) is 35.9. The molecule has 1 aliphatic heterocycles. The molecule has 4 rings (SSSR count). The zero-order chi connectivity index (χ0) is 26.7. The van der Waals surface area contributed by atoms with Crippen LogP contribution in [0.25, 0.3) is 11.4 Å². The average Bonchev–Trinajstić information content (AvgIpc) is 3.46. The molecule has 1 aliphatic rings. The molecule has 1 saturated heterocycles.